The van der Waals surface area contributed by atoms with Crippen LogP contribution in [0.2, 0.25) is 0 Å². The standard InChI is InChI=1S/C118H97BN4/c1-115(2,3)86-63-84(64-87(68-86)116(4,5)6)80-56-58-101-107(67-80)122(113-97(82-44-31-41-78(61-82)75-36-18-14-19-37-75)69-88(117(7,8)9)70-98(113)83-45-32-42-79(62-83)76-38-20-15-21-39-76)109-71-89(118(10,11)12)72-110-111(109)119(101)102-59-57-90(120-103-52-26-22-46-93(103)94-47-23-27-53-104(94)120)73-108(102)123(110)112-91(81-43-30-40-77(60-81)74-34-16-13-17-35-74)50-33-51-92(112)85-65-99-95-48-24-28-54-105(95)121-106-55-29-25-49-96(106)100(66-85)114(99)121/h13-73H,1-12H3/i22D,23D,26D,27D,46D,47D,52D,53D. The minimum atomic E-state index is -0.562. The highest BCUT2D eigenvalue weighted by atomic mass is 15.2. The average molecular weight is 1590 g/mol. The molecule has 0 atom stereocenters. The quantitative estimate of drug-likeness (QED) is 0.120. The molecule has 0 saturated heterocycles. The number of nitrogens with zero attached hydrogens (tertiary/aromatic N) is 4. The molecule has 0 bridgehead atoms. The number of hydrogen-bond donors (Lipinski definition) is 0. The lowest BCUT2D eigenvalue weighted by molar-refractivity contribution is 0.569. The van der Waals surface area contributed by atoms with E-state index in [9.17, 15) is 11.0 Å². The fraction of sp³-hybridized carbons (Fsp3) is 0.136. The van der Waals surface area contributed by atoms with Gasteiger partial charge in [-0.1, -0.05) is 356 Å². The summed E-state index contributed by atoms with van der Waals surface area (Å²) in [5.41, 5.74) is 32.2. The molecule has 0 unspecified atom stereocenters. The first-order valence-corrected chi connectivity index (χ1v) is 43.1. The number of anilines is 6. The summed E-state index contributed by atoms with van der Waals surface area (Å²) >= 11 is 0. The Bertz CT molecular complexity index is 7890. The van der Waals surface area contributed by atoms with Crippen molar-refractivity contribution in [3.8, 4) is 94.7 Å². The first kappa shape index (κ1) is 66.8. The van der Waals surface area contributed by atoms with Crippen molar-refractivity contribution in [1.29, 1.82) is 0 Å². The van der Waals surface area contributed by atoms with Crippen molar-refractivity contribution in [2.45, 2.75) is 105 Å². The predicted octanol–water partition coefficient (Wildman–Crippen LogP) is 30.5. The molecule has 3 aromatic heterocycles. The molecule has 4 nitrogen and oxygen atoms in total. The second kappa shape index (κ2) is 28.3. The van der Waals surface area contributed by atoms with Crippen LogP contribution in [0.25, 0.3) is 155 Å². The zero-order valence-corrected chi connectivity index (χ0v) is 71.5. The zero-order chi connectivity index (χ0) is 90.7. The Labute approximate surface area is 734 Å². The lowest BCUT2D eigenvalue weighted by atomic mass is 9.33. The molecule has 592 valence electrons. The van der Waals surface area contributed by atoms with Crippen molar-refractivity contribution in [2.75, 3.05) is 9.80 Å². The summed E-state index contributed by atoms with van der Waals surface area (Å²) in [6.45, 7) is 27.2. The Morgan fingerprint density at radius 2 is 0.618 bits per heavy atom. The van der Waals surface area contributed by atoms with Crippen LogP contribution < -0.4 is 26.2 Å². The van der Waals surface area contributed by atoms with E-state index in [1.54, 1.807) is 4.57 Å². The smallest absolute Gasteiger partial charge is 0.252 e. The Kier molecular flexibility index (Phi) is 15.4. The molecule has 2 aliphatic heterocycles. The van der Waals surface area contributed by atoms with E-state index < -0.39 is 48.4 Å². The van der Waals surface area contributed by atoms with E-state index in [2.05, 4.69) is 413 Å². The summed E-state index contributed by atoms with van der Waals surface area (Å²) in [5.74, 6) is 0. The molecule has 5 heteroatoms. The molecule has 20 aromatic rings. The molecule has 0 radical (unpaired) electrons. The fourth-order valence-electron chi connectivity index (χ4n) is 19.6. The minimum Gasteiger partial charge on any atom is -0.310 e. The highest BCUT2D eigenvalue weighted by Crippen LogP contribution is 2.57. The van der Waals surface area contributed by atoms with Crippen LogP contribution in [0.1, 0.15) is 116 Å². The average Bonchev–Trinajstić information content (AvgIpc) is 1.25. The maximum Gasteiger partial charge on any atom is 0.252 e. The Morgan fingerprint density at radius 1 is 0.244 bits per heavy atom. The van der Waals surface area contributed by atoms with E-state index in [0.717, 1.165) is 183 Å². The van der Waals surface area contributed by atoms with Gasteiger partial charge in [-0.2, -0.15) is 0 Å². The largest absolute Gasteiger partial charge is 0.310 e. The predicted molar refractivity (Wildman–Crippen MR) is 528 cm³/mol. The SMILES string of the molecule is [2H]c1c([2H])c([2H])c2c(c1[2H])c1c([2H])c([2H])c([2H])c([2H])c1n2-c1ccc2c(c1)N(c1c(-c3cccc(-c4ccccc4)c3)cccc1-c1cc3c4ccccc4n4c5ccccc5c(c1)c34)c1cc(C(C)(C)C)cc3c1B2c1ccc(-c2cc(C(C)(C)C)cc(C(C)(C)C)c2)cc1N3c1c(-c2cccc(-c3ccccc3)c2)cc(C(C)(C)C)cc1-c1cccc(-c2ccccc2)c1. The van der Waals surface area contributed by atoms with Crippen LogP contribution >= 0.6 is 0 Å². The van der Waals surface area contributed by atoms with Crippen LogP contribution in [0.3, 0.4) is 0 Å². The van der Waals surface area contributed by atoms with Crippen molar-refractivity contribution >= 4 is 117 Å². The molecule has 123 heavy (non-hydrogen) atoms. The number of aromatic nitrogens is 2. The molecule has 2 aliphatic rings. The molecular weight excluding hydrogens is 1480 g/mol. The molecule has 17 aromatic carbocycles. The second-order valence-corrected chi connectivity index (χ2v) is 37.9. The van der Waals surface area contributed by atoms with Gasteiger partial charge in [0.05, 0.1) is 49.9 Å². The monoisotopic (exact) mass is 1590 g/mol. The number of fused-ring (bicyclic) bond motifs is 13. The molecule has 0 amide bonds. The van der Waals surface area contributed by atoms with Crippen LogP contribution in [0.5, 0.6) is 0 Å². The van der Waals surface area contributed by atoms with Gasteiger partial charge in [0.1, 0.15) is 0 Å². The van der Waals surface area contributed by atoms with Crippen LogP contribution in [0, 0.1) is 0 Å². The highest BCUT2D eigenvalue weighted by Gasteiger charge is 2.47. The summed E-state index contributed by atoms with van der Waals surface area (Å²) < 4.78 is 81.5. The summed E-state index contributed by atoms with van der Waals surface area (Å²) in [4.78, 5) is 5.18. The zero-order valence-electron chi connectivity index (χ0n) is 79.5. The summed E-state index contributed by atoms with van der Waals surface area (Å²) in [7, 11) is 0. The van der Waals surface area contributed by atoms with Gasteiger partial charge in [0, 0.05) is 83.0 Å². The van der Waals surface area contributed by atoms with Crippen molar-refractivity contribution in [3.05, 3.63) is 392 Å². The second-order valence-electron chi connectivity index (χ2n) is 37.9. The van der Waals surface area contributed by atoms with Gasteiger partial charge in [0.2, 0.25) is 0 Å². The number of rotatable bonds is 11. The van der Waals surface area contributed by atoms with Gasteiger partial charge < -0.3 is 18.8 Å². The Morgan fingerprint density at radius 3 is 1.10 bits per heavy atom. The van der Waals surface area contributed by atoms with E-state index in [1.165, 1.54) is 16.7 Å². The van der Waals surface area contributed by atoms with Crippen LogP contribution in [0.4, 0.5) is 34.1 Å². The first-order valence-electron chi connectivity index (χ1n) is 47.1. The minimum absolute atomic E-state index is 0.00224. The lowest BCUT2D eigenvalue weighted by Crippen LogP contribution is -2.61. The molecule has 0 spiro atoms. The summed E-state index contributed by atoms with van der Waals surface area (Å²) in [6, 6.07) is 115. The van der Waals surface area contributed by atoms with E-state index in [4.69, 9.17) is 0 Å². The van der Waals surface area contributed by atoms with Crippen molar-refractivity contribution in [2.24, 2.45) is 0 Å². The lowest BCUT2D eigenvalue weighted by Gasteiger charge is -2.46. The third-order valence-electron chi connectivity index (χ3n) is 26.0. The van der Waals surface area contributed by atoms with Gasteiger partial charge in [-0.25, -0.2) is 0 Å². The van der Waals surface area contributed by atoms with Gasteiger partial charge in [-0.15, -0.1) is 0 Å². The van der Waals surface area contributed by atoms with Gasteiger partial charge >= 0.3 is 0 Å². The van der Waals surface area contributed by atoms with Crippen molar-refractivity contribution in [1.82, 2.24) is 8.97 Å². The third-order valence-corrected chi connectivity index (χ3v) is 26.0. The van der Waals surface area contributed by atoms with Crippen molar-refractivity contribution in [3.63, 3.8) is 0 Å². The molecule has 5 heterocycles. The van der Waals surface area contributed by atoms with Gasteiger partial charge in [-0.3, -0.25) is 0 Å². The first-order chi connectivity index (χ1) is 62.9. The molecular formula is C118H97BN4. The van der Waals surface area contributed by atoms with E-state index >= 15 is 0 Å². The molecule has 0 aliphatic carbocycles. The Hall–Kier alpha value is -14.0. The Balaban J connectivity index is 0.942. The number of benzene rings is 17. The molecule has 0 N–H and O–H groups in total. The van der Waals surface area contributed by atoms with Gasteiger partial charge in [0.25, 0.3) is 6.71 Å². The number of hydrogen-bond acceptors (Lipinski definition) is 2. The maximum atomic E-state index is 10.1. The summed E-state index contributed by atoms with van der Waals surface area (Å²) in [6.07, 6.45) is 0. The van der Waals surface area contributed by atoms with E-state index in [1.807, 2.05) is 6.07 Å². The molecule has 0 saturated carbocycles. The van der Waals surface area contributed by atoms with Crippen LogP contribution in [-0.2, 0) is 21.7 Å². The van der Waals surface area contributed by atoms with E-state index in [-0.39, 0.29) is 50.1 Å². The molecule has 0 fully saturated rings. The fourth-order valence-corrected chi connectivity index (χ4v) is 19.6. The van der Waals surface area contributed by atoms with Crippen LogP contribution in [-0.4, -0.2) is 15.7 Å². The number of para-hydroxylation sites is 5. The van der Waals surface area contributed by atoms with Gasteiger partial charge in [-0.05, 0) is 224 Å². The third kappa shape index (κ3) is 12.5. The van der Waals surface area contributed by atoms with Gasteiger partial charge in [0.15, 0.2) is 0 Å². The normalized spacial score (nSPS) is 13.9. The van der Waals surface area contributed by atoms with Crippen LogP contribution in [0.15, 0.2) is 370 Å². The maximum absolute atomic E-state index is 10.1. The topological polar surface area (TPSA) is 15.8 Å². The van der Waals surface area contributed by atoms with Crippen molar-refractivity contribution < 1.29 is 11.0 Å². The highest BCUT2D eigenvalue weighted by molar-refractivity contribution is 7.00. The van der Waals surface area contributed by atoms with E-state index in [0.29, 0.717) is 5.69 Å². The summed E-state index contributed by atoms with van der Waals surface area (Å²) in [5, 5.41) is 4.48. The molecule has 22 rings (SSSR count).